The van der Waals surface area contributed by atoms with E-state index in [0.717, 1.165) is 24.2 Å². The van der Waals surface area contributed by atoms with Crippen LogP contribution in [0, 0.1) is 0 Å². The van der Waals surface area contributed by atoms with Crippen LogP contribution in [-0.2, 0) is 6.54 Å². The predicted octanol–water partition coefficient (Wildman–Crippen LogP) is 3.87. The Morgan fingerprint density at radius 3 is 2.67 bits per heavy atom. The van der Waals surface area contributed by atoms with Crippen LogP contribution in [0.1, 0.15) is 32.3 Å². The van der Waals surface area contributed by atoms with Gasteiger partial charge in [-0.2, -0.15) is 0 Å². The number of rotatable bonds is 5. The third kappa shape index (κ3) is 2.65. The molecule has 0 amide bonds. The molecule has 2 rings (SSSR count). The molecule has 2 aromatic rings. The Labute approximate surface area is 109 Å². The van der Waals surface area contributed by atoms with Crippen LogP contribution in [0.25, 0.3) is 10.8 Å². The summed E-state index contributed by atoms with van der Waals surface area (Å²) in [5.74, 6) is 0.928. The molecular formula is C16H21NO. The van der Waals surface area contributed by atoms with E-state index in [4.69, 9.17) is 10.5 Å². The van der Waals surface area contributed by atoms with Crippen molar-refractivity contribution < 1.29 is 4.74 Å². The normalized spacial score (nSPS) is 12.6. The van der Waals surface area contributed by atoms with Gasteiger partial charge in [0.05, 0.1) is 6.10 Å². The molecule has 2 heteroatoms. The van der Waals surface area contributed by atoms with Gasteiger partial charge in [-0.25, -0.2) is 0 Å². The molecule has 0 bridgehead atoms. The van der Waals surface area contributed by atoms with Gasteiger partial charge < -0.3 is 10.5 Å². The first-order valence-electron chi connectivity index (χ1n) is 6.63. The van der Waals surface area contributed by atoms with E-state index < -0.39 is 0 Å². The van der Waals surface area contributed by atoms with Gasteiger partial charge in [-0.3, -0.25) is 0 Å². The van der Waals surface area contributed by atoms with Crippen molar-refractivity contribution in [3.05, 3.63) is 42.0 Å². The fourth-order valence-electron chi connectivity index (χ4n) is 2.32. The maximum absolute atomic E-state index is 6.00. The lowest BCUT2D eigenvalue weighted by Gasteiger charge is -2.18. The Morgan fingerprint density at radius 2 is 1.94 bits per heavy atom. The molecule has 0 aliphatic rings. The Hall–Kier alpha value is -1.54. The number of fused-ring (bicyclic) bond motifs is 1. The number of benzene rings is 2. The molecule has 1 atom stereocenters. The van der Waals surface area contributed by atoms with Crippen molar-refractivity contribution in [3.63, 3.8) is 0 Å². The van der Waals surface area contributed by atoms with Crippen LogP contribution < -0.4 is 10.5 Å². The molecule has 2 N–H and O–H groups in total. The van der Waals surface area contributed by atoms with Crippen LogP contribution in [0.5, 0.6) is 5.75 Å². The molecule has 0 heterocycles. The van der Waals surface area contributed by atoms with E-state index in [1.807, 2.05) is 18.2 Å². The molecule has 0 aliphatic heterocycles. The van der Waals surface area contributed by atoms with Crippen LogP contribution in [0.3, 0.4) is 0 Å². The topological polar surface area (TPSA) is 35.2 Å². The number of hydrogen-bond donors (Lipinski definition) is 1. The zero-order valence-electron chi connectivity index (χ0n) is 11.1. The fraction of sp³-hybridized carbons (Fsp3) is 0.375. The molecule has 0 fully saturated rings. The third-order valence-electron chi connectivity index (χ3n) is 3.23. The molecule has 1 unspecified atom stereocenters. The summed E-state index contributed by atoms with van der Waals surface area (Å²) in [6, 6.07) is 12.4. The van der Waals surface area contributed by atoms with E-state index in [1.165, 1.54) is 10.8 Å². The van der Waals surface area contributed by atoms with E-state index in [1.54, 1.807) is 0 Å². The van der Waals surface area contributed by atoms with Crippen LogP contribution >= 0.6 is 0 Å². The Kier molecular flexibility index (Phi) is 4.21. The van der Waals surface area contributed by atoms with E-state index in [2.05, 4.69) is 32.0 Å². The molecule has 0 saturated carbocycles. The van der Waals surface area contributed by atoms with Crippen molar-refractivity contribution in [3.8, 4) is 5.75 Å². The molecule has 0 radical (unpaired) electrons. The highest BCUT2D eigenvalue weighted by Gasteiger charge is 2.10. The van der Waals surface area contributed by atoms with Gasteiger partial charge in [-0.05, 0) is 30.2 Å². The first kappa shape index (κ1) is 12.9. The lowest BCUT2D eigenvalue weighted by molar-refractivity contribution is 0.208. The highest BCUT2D eigenvalue weighted by atomic mass is 16.5. The molecule has 0 spiro atoms. The van der Waals surface area contributed by atoms with Gasteiger partial charge in [0.25, 0.3) is 0 Å². The molecule has 18 heavy (non-hydrogen) atoms. The number of ether oxygens (including phenoxy) is 1. The second-order valence-corrected chi connectivity index (χ2v) is 4.68. The van der Waals surface area contributed by atoms with Gasteiger partial charge in [0, 0.05) is 12.1 Å². The summed E-state index contributed by atoms with van der Waals surface area (Å²) in [7, 11) is 0. The van der Waals surface area contributed by atoms with Crippen LogP contribution in [0.4, 0.5) is 0 Å². The van der Waals surface area contributed by atoms with Crippen molar-refractivity contribution in [2.45, 2.75) is 39.3 Å². The molecule has 0 saturated heterocycles. The Morgan fingerprint density at radius 1 is 1.17 bits per heavy atom. The molecule has 0 aromatic heterocycles. The predicted molar refractivity (Wildman–Crippen MR) is 76.8 cm³/mol. The van der Waals surface area contributed by atoms with Gasteiger partial charge in [0.2, 0.25) is 0 Å². The highest BCUT2D eigenvalue weighted by Crippen LogP contribution is 2.28. The molecular weight excluding hydrogens is 222 g/mol. The third-order valence-corrected chi connectivity index (χ3v) is 3.23. The average molecular weight is 243 g/mol. The maximum atomic E-state index is 6.00. The Bertz CT molecular complexity index is 521. The van der Waals surface area contributed by atoms with Gasteiger partial charge in [-0.15, -0.1) is 0 Å². The fourth-order valence-corrected chi connectivity index (χ4v) is 2.32. The average Bonchev–Trinajstić information content (AvgIpc) is 2.38. The lowest BCUT2D eigenvalue weighted by Crippen LogP contribution is -2.13. The SMILES string of the molecule is CCCC(C)Oc1ccc2ccccc2c1CN. The second-order valence-electron chi connectivity index (χ2n) is 4.68. The Balaban J connectivity index is 2.38. The van der Waals surface area contributed by atoms with Gasteiger partial charge in [0.1, 0.15) is 5.75 Å². The summed E-state index contributed by atoms with van der Waals surface area (Å²) < 4.78 is 6.00. The van der Waals surface area contributed by atoms with Gasteiger partial charge in [0.15, 0.2) is 0 Å². The molecule has 2 aromatic carbocycles. The zero-order chi connectivity index (χ0) is 13.0. The van der Waals surface area contributed by atoms with Crippen molar-refractivity contribution >= 4 is 10.8 Å². The van der Waals surface area contributed by atoms with E-state index >= 15 is 0 Å². The summed E-state index contributed by atoms with van der Waals surface area (Å²) in [6.07, 6.45) is 2.44. The first-order valence-corrected chi connectivity index (χ1v) is 6.63. The molecule has 96 valence electrons. The van der Waals surface area contributed by atoms with Gasteiger partial charge >= 0.3 is 0 Å². The number of hydrogen-bond acceptors (Lipinski definition) is 2. The zero-order valence-corrected chi connectivity index (χ0v) is 11.1. The summed E-state index contributed by atoms with van der Waals surface area (Å²) in [5, 5.41) is 2.41. The van der Waals surface area contributed by atoms with E-state index in [0.29, 0.717) is 6.54 Å². The van der Waals surface area contributed by atoms with Crippen molar-refractivity contribution in [2.75, 3.05) is 0 Å². The first-order chi connectivity index (χ1) is 8.76. The van der Waals surface area contributed by atoms with Crippen LogP contribution in [0.15, 0.2) is 36.4 Å². The summed E-state index contributed by atoms with van der Waals surface area (Å²) in [4.78, 5) is 0. The minimum Gasteiger partial charge on any atom is -0.490 e. The highest BCUT2D eigenvalue weighted by molar-refractivity contribution is 5.87. The van der Waals surface area contributed by atoms with E-state index in [-0.39, 0.29) is 6.10 Å². The standard InChI is InChI=1S/C16H21NO/c1-3-6-12(2)18-16-10-9-13-7-4-5-8-14(13)15(16)11-17/h4-5,7-10,12H,3,6,11,17H2,1-2H3. The second kappa shape index (κ2) is 5.87. The number of nitrogens with two attached hydrogens (primary N) is 1. The minimum absolute atomic E-state index is 0.237. The maximum Gasteiger partial charge on any atom is 0.124 e. The largest absolute Gasteiger partial charge is 0.490 e. The van der Waals surface area contributed by atoms with Crippen molar-refractivity contribution in [1.82, 2.24) is 0 Å². The monoisotopic (exact) mass is 243 g/mol. The minimum atomic E-state index is 0.237. The van der Waals surface area contributed by atoms with Crippen LogP contribution in [0.2, 0.25) is 0 Å². The van der Waals surface area contributed by atoms with Crippen molar-refractivity contribution in [1.29, 1.82) is 0 Å². The smallest absolute Gasteiger partial charge is 0.124 e. The van der Waals surface area contributed by atoms with Crippen LogP contribution in [-0.4, -0.2) is 6.10 Å². The molecule has 2 nitrogen and oxygen atoms in total. The van der Waals surface area contributed by atoms with Gasteiger partial charge in [-0.1, -0.05) is 43.7 Å². The van der Waals surface area contributed by atoms with E-state index in [9.17, 15) is 0 Å². The molecule has 0 aliphatic carbocycles. The summed E-state index contributed by atoms with van der Waals surface area (Å²) in [5.41, 5.74) is 6.99. The van der Waals surface area contributed by atoms with Crippen molar-refractivity contribution in [2.24, 2.45) is 5.73 Å². The summed E-state index contributed by atoms with van der Waals surface area (Å²) >= 11 is 0. The lowest BCUT2D eigenvalue weighted by atomic mass is 10.0. The summed E-state index contributed by atoms with van der Waals surface area (Å²) in [6.45, 7) is 4.79. The quantitative estimate of drug-likeness (QED) is 0.865.